The molecule has 1 aromatic rings. The third-order valence-electron chi connectivity index (χ3n) is 3.36. The Hall–Kier alpha value is -1.64. The zero-order valence-corrected chi connectivity index (χ0v) is 12.4. The molecule has 1 fully saturated rings. The van der Waals surface area contributed by atoms with Gasteiger partial charge in [-0.1, -0.05) is 0 Å². The zero-order valence-electron chi connectivity index (χ0n) is 11.5. The molecule has 1 aromatic heterocycles. The maximum Gasteiger partial charge on any atom is 0.315 e. The fourth-order valence-electron chi connectivity index (χ4n) is 2.27. The van der Waals surface area contributed by atoms with Crippen molar-refractivity contribution in [3.63, 3.8) is 0 Å². The van der Waals surface area contributed by atoms with E-state index in [1.165, 1.54) is 0 Å². The van der Waals surface area contributed by atoms with Gasteiger partial charge in [0.2, 0.25) is 0 Å². The molecule has 0 aliphatic carbocycles. The predicted octanol–water partition coefficient (Wildman–Crippen LogP) is -0.390. The maximum atomic E-state index is 11.7. The summed E-state index contributed by atoms with van der Waals surface area (Å²) in [7, 11) is -1.10. The molecule has 1 aliphatic rings. The Kier molecular flexibility index (Phi) is 4.26. The minimum Gasteiger partial charge on any atom is -0.338 e. The van der Waals surface area contributed by atoms with E-state index in [0.29, 0.717) is 18.8 Å². The summed E-state index contributed by atoms with van der Waals surface area (Å²) in [6.07, 6.45) is 2.18. The molecule has 112 valence electrons. The summed E-state index contributed by atoms with van der Waals surface area (Å²) >= 11 is 0. The molecule has 0 spiro atoms. The smallest absolute Gasteiger partial charge is 0.315 e. The summed E-state index contributed by atoms with van der Waals surface area (Å²) in [4.78, 5) is 11.7. The molecule has 0 unspecified atom stereocenters. The molecule has 2 heterocycles. The minimum absolute atomic E-state index is 0.0101. The van der Waals surface area contributed by atoms with Crippen molar-refractivity contribution < 1.29 is 13.2 Å². The van der Waals surface area contributed by atoms with Crippen molar-refractivity contribution in [3.8, 4) is 0 Å². The second-order valence-electron chi connectivity index (χ2n) is 5.15. The topological polar surface area (TPSA) is 106 Å². The minimum atomic E-state index is -2.90. The Balaban J connectivity index is 1.77. The molecular formula is C11H19N5O3S. The molecule has 1 aliphatic heterocycles. The quantitative estimate of drug-likeness (QED) is 0.788. The van der Waals surface area contributed by atoms with Crippen molar-refractivity contribution in [1.29, 1.82) is 0 Å². The molecule has 0 bridgehead atoms. The van der Waals surface area contributed by atoms with Gasteiger partial charge in [-0.3, -0.25) is 0 Å². The highest BCUT2D eigenvalue weighted by Crippen LogP contribution is 2.17. The van der Waals surface area contributed by atoms with Gasteiger partial charge in [-0.2, -0.15) is 0 Å². The van der Waals surface area contributed by atoms with E-state index < -0.39 is 9.84 Å². The lowest BCUT2D eigenvalue weighted by atomic mass is 10.1. The van der Waals surface area contributed by atoms with Crippen LogP contribution in [0.5, 0.6) is 0 Å². The van der Waals surface area contributed by atoms with Crippen LogP contribution in [0.25, 0.3) is 0 Å². The van der Waals surface area contributed by atoms with Crippen LogP contribution in [0.15, 0.2) is 6.33 Å². The molecule has 8 nitrogen and oxygen atoms in total. The summed E-state index contributed by atoms with van der Waals surface area (Å²) in [5.74, 6) is 1.04. The summed E-state index contributed by atoms with van der Waals surface area (Å²) in [6.45, 7) is 2.18. The van der Waals surface area contributed by atoms with E-state index in [-0.39, 0.29) is 29.5 Å². The first kappa shape index (κ1) is 14.8. The Bertz CT molecular complexity index is 583. The zero-order chi connectivity index (χ0) is 14.8. The lowest BCUT2D eigenvalue weighted by molar-refractivity contribution is 0.235. The van der Waals surface area contributed by atoms with Crippen molar-refractivity contribution in [2.24, 2.45) is 13.0 Å². The van der Waals surface area contributed by atoms with Crippen LogP contribution < -0.4 is 10.6 Å². The average Bonchev–Trinajstić information content (AvgIpc) is 2.92. The molecule has 2 rings (SSSR count). The van der Waals surface area contributed by atoms with Gasteiger partial charge in [0.05, 0.1) is 17.5 Å². The van der Waals surface area contributed by atoms with Crippen molar-refractivity contribution in [1.82, 2.24) is 25.4 Å². The van der Waals surface area contributed by atoms with Crippen LogP contribution in [-0.2, 0) is 16.9 Å². The third-order valence-corrected chi connectivity index (χ3v) is 5.20. The Morgan fingerprint density at radius 1 is 1.60 bits per heavy atom. The van der Waals surface area contributed by atoms with Crippen molar-refractivity contribution >= 4 is 15.9 Å². The van der Waals surface area contributed by atoms with Gasteiger partial charge in [0.15, 0.2) is 15.7 Å². The van der Waals surface area contributed by atoms with E-state index in [9.17, 15) is 13.2 Å². The summed E-state index contributed by atoms with van der Waals surface area (Å²) in [6, 6.07) is -0.598. The van der Waals surface area contributed by atoms with E-state index in [0.717, 1.165) is 0 Å². The molecule has 0 radical (unpaired) electrons. The molecule has 2 N–H and O–H groups in total. The summed E-state index contributed by atoms with van der Waals surface area (Å²) in [5, 5.41) is 13.1. The Labute approximate surface area is 117 Å². The number of aryl methyl sites for hydroxylation is 1. The van der Waals surface area contributed by atoms with Gasteiger partial charge in [-0.25, -0.2) is 13.2 Å². The van der Waals surface area contributed by atoms with E-state index in [4.69, 9.17) is 0 Å². The molecule has 9 heteroatoms. The maximum absolute atomic E-state index is 11.7. The van der Waals surface area contributed by atoms with Crippen molar-refractivity contribution in [2.75, 3.05) is 18.1 Å². The van der Waals surface area contributed by atoms with Crippen LogP contribution in [0.3, 0.4) is 0 Å². The van der Waals surface area contributed by atoms with Crippen molar-refractivity contribution in [2.45, 2.75) is 19.4 Å². The molecule has 0 aromatic carbocycles. The van der Waals surface area contributed by atoms with Gasteiger partial charge < -0.3 is 15.2 Å². The van der Waals surface area contributed by atoms with Gasteiger partial charge in [-0.15, -0.1) is 10.2 Å². The lowest BCUT2D eigenvalue weighted by Gasteiger charge is -2.15. The van der Waals surface area contributed by atoms with E-state index in [2.05, 4.69) is 20.8 Å². The van der Waals surface area contributed by atoms with Gasteiger partial charge in [-0.05, 0) is 19.3 Å². The highest BCUT2D eigenvalue weighted by molar-refractivity contribution is 7.91. The number of carbonyl (C=O) groups excluding carboxylic acids is 1. The monoisotopic (exact) mass is 301 g/mol. The highest BCUT2D eigenvalue weighted by atomic mass is 32.2. The number of nitrogens with one attached hydrogen (secondary N) is 2. The molecule has 1 saturated heterocycles. The summed E-state index contributed by atoms with van der Waals surface area (Å²) < 4.78 is 24.4. The molecule has 0 saturated carbocycles. The first-order valence-corrected chi connectivity index (χ1v) is 8.28. The molecule has 20 heavy (non-hydrogen) atoms. The normalized spacial score (nSPS) is 22.4. The highest BCUT2D eigenvalue weighted by Gasteiger charge is 2.28. The van der Waals surface area contributed by atoms with E-state index in [1.54, 1.807) is 17.9 Å². The average molecular weight is 301 g/mol. The largest absolute Gasteiger partial charge is 0.338 e. The number of hydrogen-bond donors (Lipinski definition) is 2. The third kappa shape index (κ3) is 3.69. The summed E-state index contributed by atoms with van der Waals surface area (Å²) in [5.41, 5.74) is 0. The molecule has 2 atom stereocenters. The van der Waals surface area contributed by atoms with Crippen LogP contribution in [0, 0.1) is 5.92 Å². The first-order chi connectivity index (χ1) is 9.37. The van der Waals surface area contributed by atoms with Gasteiger partial charge in [0.25, 0.3) is 0 Å². The number of sulfone groups is 1. The van der Waals surface area contributed by atoms with E-state index >= 15 is 0 Å². The number of nitrogens with zero attached hydrogens (tertiary/aromatic N) is 3. The number of urea groups is 1. The van der Waals surface area contributed by atoms with Crippen LogP contribution in [0.1, 0.15) is 25.2 Å². The number of amides is 2. The fraction of sp³-hybridized carbons (Fsp3) is 0.727. The predicted molar refractivity (Wildman–Crippen MR) is 72.7 cm³/mol. The SMILES string of the molecule is C[C@@H](NC(=O)NC[C@H]1CCS(=O)(=O)C1)c1nncn1C. The first-order valence-electron chi connectivity index (χ1n) is 6.46. The standard InChI is InChI=1S/C11H19N5O3S/c1-8(10-15-13-7-16(10)2)14-11(17)12-5-9-3-4-20(18,19)6-9/h7-9H,3-6H2,1-2H3,(H2,12,14,17)/t8-,9-/m1/s1. The van der Waals surface area contributed by atoms with Crippen LogP contribution >= 0.6 is 0 Å². The van der Waals surface area contributed by atoms with E-state index in [1.807, 2.05) is 6.92 Å². The number of rotatable bonds is 4. The van der Waals surface area contributed by atoms with Crippen molar-refractivity contribution in [3.05, 3.63) is 12.2 Å². The fourth-order valence-corrected chi connectivity index (χ4v) is 4.13. The van der Waals surface area contributed by atoms with Crippen LogP contribution in [-0.4, -0.2) is 47.3 Å². The second-order valence-corrected chi connectivity index (χ2v) is 7.37. The van der Waals surface area contributed by atoms with Gasteiger partial charge in [0.1, 0.15) is 6.33 Å². The van der Waals surface area contributed by atoms with Crippen LogP contribution in [0.2, 0.25) is 0 Å². The molecule has 2 amide bonds. The molecular weight excluding hydrogens is 282 g/mol. The van der Waals surface area contributed by atoms with Crippen LogP contribution in [0.4, 0.5) is 4.79 Å². The second kappa shape index (κ2) is 5.78. The lowest BCUT2D eigenvalue weighted by Crippen LogP contribution is -2.40. The number of hydrogen-bond acceptors (Lipinski definition) is 5. The number of aromatic nitrogens is 3. The number of carbonyl (C=O) groups is 1. The Morgan fingerprint density at radius 2 is 2.35 bits per heavy atom. The van der Waals surface area contributed by atoms with Gasteiger partial charge in [0, 0.05) is 13.6 Å². The Morgan fingerprint density at radius 3 is 2.90 bits per heavy atom. The van der Waals surface area contributed by atoms with Gasteiger partial charge >= 0.3 is 6.03 Å².